The summed E-state index contributed by atoms with van der Waals surface area (Å²) < 4.78 is 39.3. The molecule has 8 heteroatoms. The van der Waals surface area contributed by atoms with Crippen LogP contribution < -0.4 is 9.47 Å². The maximum atomic E-state index is 12.6. The van der Waals surface area contributed by atoms with Gasteiger partial charge in [0.1, 0.15) is 24.4 Å². The molecule has 0 spiro atoms. The molecule has 0 heterocycles. The van der Waals surface area contributed by atoms with E-state index in [0.717, 1.165) is 23.1 Å². The van der Waals surface area contributed by atoms with Crippen molar-refractivity contribution in [3.8, 4) is 11.5 Å². The highest BCUT2D eigenvalue weighted by Gasteiger charge is 2.24. The van der Waals surface area contributed by atoms with Gasteiger partial charge in [-0.25, -0.2) is 0 Å². The van der Waals surface area contributed by atoms with Crippen molar-refractivity contribution in [1.82, 2.24) is 0 Å². The Kier molecular flexibility index (Phi) is 10.2. The first kappa shape index (κ1) is 25.1. The van der Waals surface area contributed by atoms with Crippen molar-refractivity contribution in [3.05, 3.63) is 58.7 Å². The topological polar surface area (TPSA) is 80.3 Å². The molecule has 0 bridgehead atoms. The summed E-state index contributed by atoms with van der Waals surface area (Å²) in [4.78, 5) is 10.2. The number of hydrogen-bond donors (Lipinski definition) is 0. The van der Waals surface area contributed by atoms with Crippen molar-refractivity contribution in [1.29, 1.82) is 0 Å². The molecular formula is C23H31O7P. The molecule has 2 aromatic carbocycles. The molecule has 0 aromatic heterocycles. The summed E-state index contributed by atoms with van der Waals surface area (Å²) >= 11 is 0. The smallest absolute Gasteiger partial charge is 0.367 e. The molecule has 7 nitrogen and oxygen atoms in total. The summed E-state index contributed by atoms with van der Waals surface area (Å²) in [5.74, 6) is 1.32. The van der Waals surface area contributed by atoms with Crippen molar-refractivity contribution < 1.29 is 32.6 Å². The zero-order chi connectivity index (χ0) is 22.7. The third kappa shape index (κ3) is 8.11. The average Bonchev–Trinajstić information content (AvgIpc) is 2.74. The number of aryl methyl sites for hydroxylation is 2. The Morgan fingerprint density at radius 2 is 1.52 bits per heavy atom. The highest BCUT2D eigenvalue weighted by atomic mass is 31.2. The number of carbonyl (C=O) groups is 1. The van der Waals surface area contributed by atoms with E-state index < -0.39 is 7.60 Å². The average molecular weight is 450 g/mol. The Bertz CT molecular complexity index is 847. The van der Waals surface area contributed by atoms with Gasteiger partial charge in [0.2, 0.25) is 0 Å². The van der Waals surface area contributed by atoms with Gasteiger partial charge in [-0.3, -0.25) is 4.57 Å². The molecule has 0 aliphatic rings. The maximum Gasteiger partial charge on any atom is 0.367 e. The summed E-state index contributed by atoms with van der Waals surface area (Å²) in [6, 6.07) is 11.6. The van der Waals surface area contributed by atoms with Crippen molar-refractivity contribution in [3.63, 3.8) is 0 Å². The standard InChI is InChI=1S/C23H31O7P/c1-5-29-31(25,30-6-2)17-28-22-13-18(3)23(19(4)14-22)15-20-7-9-21(10-8-20)27-16-26-12-11-24/h7-11,13-14H,5-6,12,15-17H2,1-4H3. The Morgan fingerprint density at radius 3 is 2.06 bits per heavy atom. The van der Waals surface area contributed by atoms with Crippen LogP contribution in [0.5, 0.6) is 11.5 Å². The molecule has 0 aliphatic heterocycles. The van der Waals surface area contributed by atoms with Crippen LogP contribution in [-0.4, -0.2) is 39.2 Å². The highest BCUT2D eigenvalue weighted by molar-refractivity contribution is 7.53. The van der Waals surface area contributed by atoms with E-state index in [1.165, 1.54) is 5.56 Å². The lowest BCUT2D eigenvalue weighted by atomic mass is 9.96. The van der Waals surface area contributed by atoms with Crippen molar-refractivity contribution in [2.24, 2.45) is 0 Å². The van der Waals surface area contributed by atoms with Gasteiger partial charge in [0.05, 0.1) is 13.2 Å². The third-order valence-corrected chi connectivity index (χ3v) is 6.26. The lowest BCUT2D eigenvalue weighted by Gasteiger charge is -2.19. The molecule has 170 valence electrons. The lowest BCUT2D eigenvalue weighted by molar-refractivity contribution is -0.114. The zero-order valence-electron chi connectivity index (χ0n) is 18.6. The van der Waals surface area contributed by atoms with Gasteiger partial charge < -0.3 is 28.1 Å². The SMILES string of the molecule is CCOP(=O)(COc1cc(C)c(Cc2ccc(OCOCC=O)cc2)c(C)c1)OCC. The zero-order valence-corrected chi connectivity index (χ0v) is 19.5. The predicted molar refractivity (Wildman–Crippen MR) is 119 cm³/mol. The number of aldehydes is 1. The second-order valence-corrected chi connectivity index (χ2v) is 8.87. The Morgan fingerprint density at radius 1 is 0.903 bits per heavy atom. The Balaban J connectivity index is 2.02. The molecule has 0 unspecified atom stereocenters. The first-order chi connectivity index (χ1) is 14.9. The monoisotopic (exact) mass is 450 g/mol. The second kappa shape index (κ2) is 12.6. The Hall–Kier alpha value is -2.18. The fourth-order valence-corrected chi connectivity index (χ4v) is 4.41. The van der Waals surface area contributed by atoms with Crippen LogP contribution in [0, 0.1) is 13.8 Å². The quantitative estimate of drug-likeness (QED) is 0.172. The first-order valence-corrected chi connectivity index (χ1v) is 12.0. The van der Waals surface area contributed by atoms with Crippen LogP contribution in [0.25, 0.3) is 0 Å². The van der Waals surface area contributed by atoms with Crippen molar-refractivity contribution in [2.45, 2.75) is 34.1 Å². The predicted octanol–water partition coefficient (Wildman–Crippen LogP) is 5.05. The molecule has 2 rings (SSSR count). The van der Waals surface area contributed by atoms with Crippen LogP contribution in [0.4, 0.5) is 0 Å². The molecule has 0 amide bonds. The maximum absolute atomic E-state index is 12.6. The van der Waals surface area contributed by atoms with Gasteiger partial charge in [-0.15, -0.1) is 0 Å². The van der Waals surface area contributed by atoms with Crippen LogP contribution >= 0.6 is 7.60 Å². The number of hydrogen-bond acceptors (Lipinski definition) is 7. The first-order valence-electron chi connectivity index (χ1n) is 10.2. The third-order valence-electron chi connectivity index (χ3n) is 4.51. The molecule has 0 N–H and O–H groups in total. The number of carbonyl (C=O) groups excluding carboxylic acids is 1. The van der Waals surface area contributed by atoms with Crippen LogP contribution in [0.2, 0.25) is 0 Å². The van der Waals surface area contributed by atoms with Gasteiger partial charge in [-0.2, -0.15) is 0 Å². The number of ether oxygens (including phenoxy) is 3. The van der Waals surface area contributed by atoms with E-state index in [4.69, 9.17) is 23.3 Å². The van der Waals surface area contributed by atoms with E-state index >= 15 is 0 Å². The molecule has 2 aromatic rings. The Labute approximate surface area is 184 Å². The van der Waals surface area contributed by atoms with Crippen LogP contribution in [-0.2, 0) is 29.6 Å². The highest BCUT2D eigenvalue weighted by Crippen LogP contribution is 2.48. The van der Waals surface area contributed by atoms with Gasteiger partial charge in [0.15, 0.2) is 13.1 Å². The van der Waals surface area contributed by atoms with Crippen LogP contribution in [0.3, 0.4) is 0 Å². The molecule has 0 atom stereocenters. The molecular weight excluding hydrogens is 419 g/mol. The van der Waals surface area contributed by atoms with Gasteiger partial charge in [0.25, 0.3) is 0 Å². The fraction of sp³-hybridized carbons (Fsp3) is 0.435. The van der Waals surface area contributed by atoms with Gasteiger partial charge in [-0.1, -0.05) is 12.1 Å². The summed E-state index contributed by atoms with van der Waals surface area (Å²) in [6.07, 6.45) is 1.32. The van der Waals surface area contributed by atoms with E-state index in [0.29, 0.717) is 31.0 Å². The van der Waals surface area contributed by atoms with Crippen molar-refractivity contribution >= 4 is 13.9 Å². The van der Waals surface area contributed by atoms with E-state index in [9.17, 15) is 9.36 Å². The molecule has 0 saturated carbocycles. The van der Waals surface area contributed by atoms with E-state index in [2.05, 4.69) is 0 Å². The van der Waals surface area contributed by atoms with Crippen LogP contribution in [0.1, 0.15) is 36.1 Å². The van der Waals surface area contributed by atoms with E-state index in [1.807, 2.05) is 50.2 Å². The molecule has 0 aliphatic carbocycles. The largest absolute Gasteiger partial charge is 0.481 e. The van der Waals surface area contributed by atoms with Crippen molar-refractivity contribution in [2.75, 3.05) is 33.0 Å². The summed E-state index contributed by atoms with van der Waals surface area (Å²) in [7, 11) is -3.26. The second-order valence-electron chi connectivity index (χ2n) is 6.88. The lowest BCUT2D eigenvalue weighted by Crippen LogP contribution is -2.06. The minimum absolute atomic E-state index is 0.0190. The number of benzene rings is 2. The molecule has 0 fully saturated rings. The summed E-state index contributed by atoms with van der Waals surface area (Å²) in [6.45, 7) is 8.26. The number of rotatable bonds is 14. The molecule has 0 radical (unpaired) electrons. The van der Waals surface area contributed by atoms with E-state index in [1.54, 1.807) is 13.8 Å². The van der Waals surface area contributed by atoms with Crippen LogP contribution in [0.15, 0.2) is 36.4 Å². The van der Waals surface area contributed by atoms with E-state index in [-0.39, 0.29) is 19.7 Å². The van der Waals surface area contributed by atoms with Gasteiger partial charge in [0, 0.05) is 0 Å². The molecule has 0 saturated heterocycles. The fourth-order valence-electron chi connectivity index (χ4n) is 3.09. The summed E-state index contributed by atoms with van der Waals surface area (Å²) in [5, 5.41) is 0. The van der Waals surface area contributed by atoms with Gasteiger partial charge in [-0.05, 0) is 80.6 Å². The summed E-state index contributed by atoms with van der Waals surface area (Å²) in [5.41, 5.74) is 4.51. The minimum atomic E-state index is -3.26. The molecule has 31 heavy (non-hydrogen) atoms. The van der Waals surface area contributed by atoms with Gasteiger partial charge >= 0.3 is 7.60 Å². The normalized spacial score (nSPS) is 11.4. The minimum Gasteiger partial charge on any atom is -0.481 e.